The third-order valence-electron chi connectivity index (χ3n) is 5.88. The van der Waals surface area contributed by atoms with Crippen LogP contribution in [-0.2, 0) is 9.59 Å². The zero-order valence-electron chi connectivity index (χ0n) is 17.9. The summed E-state index contributed by atoms with van der Waals surface area (Å²) in [5.41, 5.74) is -1.12. The first-order valence-electron chi connectivity index (χ1n) is 10.7. The van der Waals surface area contributed by atoms with E-state index in [0.717, 1.165) is 12.8 Å². The molecule has 0 saturated carbocycles. The molecule has 0 bridgehead atoms. The van der Waals surface area contributed by atoms with Crippen molar-refractivity contribution >= 4 is 23.3 Å². The topological polar surface area (TPSA) is 66.0 Å². The number of para-hydroxylation sites is 1. The number of pyridine rings is 1. The predicted octanol–water partition coefficient (Wildman–Crippen LogP) is 2.85. The summed E-state index contributed by atoms with van der Waals surface area (Å²) in [6.07, 6.45) is 3.32. The van der Waals surface area contributed by atoms with Crippen molar-refractivity contribution in [2.45, 2.75) is 32.3 Å². The standard InChI is InChI=1S/C23H27FN4O3/c1-3-4-12-28-20-19(10-7-11-25-20)31-23(2,22(28)30)21(29)27-15-13-26(14-16-27)18-9-6-5-8-17(18)24/h5-11H,3-4,12-16H2,1-2H3. The Bertz CT molecular complexity index is 977. The summed E-state index contributed by atoms with van der Waals surface area (Å²) >= 11 is 0. The Morgan fingerprint density at radius 1 is 1.16 bits per heavy atom. The van der Waals surface area contributed by atoms with E-state index >= 15 is 0 Å². The number of rotatable bonds is 5. The van der Waals surface area contributed by atoms with Gasteiger partial charge in [0.1, 0.15) is 5.82 Å². The van der Waals surface area contributed by atoms with Crippen LogP contribution in [0.4, 0.5) is 15.9 Å². The first-order chi connectivity index (χ1) is 15.0. The van der Waals surface area contributed by atoms with E-state index < -0.39 is 11.5 Å². The largest absolute Gasteiger partial charge is 0.464 e. The smallest absolute Gasteiger partial charge is 0.282 e. The first-order valence-corrected chi connectivity index (χ1v) is 10.7. The van der Waals surface area contributed by atoms with Gasteiger partial charge >= 0.3 is 0 Å². The summed E-state index contributed by atoms with van der Waals surface area (Å²) in [7, 11) is 0. The lowest BCUT2D eigenvalue weighted by molar-refractivity contribution is -0.156. The van der Waals surface area contributed by atoms with Gasteiger partial charge in [0.25, 0.3) is 17.4 Å². The number of hydrogen-bond donors (Lipinski definition) is 0. The summed E-state index contributed by atoms with van der Waals surface area (Å²) in [5, 5.41) is 0. The molecule has 1 unspecified atom stereocenters. The van der Waals surface area contributed by atoms with Gasteiger partial charge in [0.05, 0.1) is 5.69 Å². The molecule has 8 heteroatoms. The Morgan fingerprint density at radius 3 is 2.61 bits per heavy atom. The van der Waals surface area contributed by atoms with E-state index in [2.05, 4.69) is 4.98 Å². The monoisotopic (exact) mass is 426 g/mol. The van der Waals surface area contributed by atoms with Gasteiger partial charge < -0.3 is 14.5 Å². The minimum Gasteiger partial charge on any atom is -0.464 e. The fraction of sp³-hybridized carbons (Fsp3) is 0.435. The minimum atomic E-state index is -1.65. The maximum atomic E-state index is 14.1. The Morgan fingerprint density at radius 2 is 1.90 bits per heavy atom. The molecule has 2 aromatic rings. The number of hydrogen-bond acceptors (Lipinski definition) is 5. The first kappa shape index (κ1) is 21.1. The number of piperazine rings is 1. The van der Waals surface area contributed by atoms with Crippen LogP contribution < -0.4 is 14.5 Å². The van der Waals surface area contributed by atoms with E-state index in [1.54, 1.807) is 46.3 Å². The molecule has 1 saturated heterocycles. The Balaban J connectivity index is 1.53. The molecular weight excluding hydrogens is 399 g/mol. The molecule has 1 aromatic heterocycles. The molecule has 0 N–H and O–H groups in total. The molecule has 164 valence electrons. The summed E-state index contributed by atoms with van der Waals surface area (Å²) in [4.78, 5) is 36.3. The number of unbranched alkanes of at least 4 members (excludes halogenated alkanes) is 1. The number of carbonyl (C=O) groups excluding carboxylic acids is 2. The van der Waals surface area contributed by atoms with Crippen molar-refractivity contribution in [1.29, 1.82) is 0 Å². The van der Waals surface area contributed by atoms with Crippen molar-refractivity contribution in [1.82, 2.24) is 9.88 Å². The van der Waals surface area contributed by atoms with Gasteiger partial charge in [-0.15, -0.1) is 0 Å². The van der Waals surface area contributed by atoms with Crippen LogP contribution in [0.3, 0.4) is 0 Å². The van der Waals surface area contributed by atoms with Crippen LogP contribution in [0.1, 0.15) is 26.7 Å². The van der Waals surface area contributed by atoms with Gasteiger partial charge in [0.2, 0.25) is 0 Å². The fourth-order valence-electron chi connectivity index (χ4n) is 4.10. The molecule has 4 rings (SSSR count). The molecule has 0 spiro atoms. The van der Waals surface area contributed by atoms with Gasteiger partial charge in [-0.05, 0) is 37.6 Å². The number of fused-ring (bicyclic) bond motifs is 1. The number of aromatic nitrogens is 1. The third-order valence-corrected chi connectivity index (χ3v) is 5.88. The second-order valence-electron chi connectivity index (χ2n) is 8.00. The van der Waals surface area contributed by atoms with E-state index in [0.29, 0.717) is 50.0 Å². The van der Waals surface area contributed by atoms with Gasteiger partial charge in [-0.1, -0.05) is 25.5 Å². The van der Waals surface area contributed by atoms with Gasteiger partial charge in [-0.25, -0.2) is 9.37 Å². The second-order valence-corrected chi connectivity index (χ2v) is 8.00. The average Bonchev–Trinajstić information content (AvgIpc) is 2.79. The van der Waals surface area contributed by atoms with Crippen LogP contribution in [-0.4, -0.2) is 60.0 Å². The summed E-state index contributed by atoms with van der Waals surface area (Å²) in [5.74, 6) is -0.166. The number of benzene rings is 1. The highest BCUT2D eigenvalue weighted by molar-refractivity contribution is 6.16. The highest BCUT2D eigenvalue weighted by Crippen LogP contribution is 2.37. The zero-order valence-corrected chi connectivity index (χ0v) is 17.9. The quantitative estimate of drug-likeness (QED) is 0.688. The minimum absolute atomic E-state index is 0.282. The Hall–Kier alpha value is -3.16. The average molecular weight is 426 g/mol. The van der Waals surface area contributed by atoms with E-state index in [9.17, 15) is 14.0 Å². The molecule has 2 aliphatic rings. The molecule has 3 heterocycles. The normalized spacial score (nSPS) is 21.0. The van der Waals surface area contributed by atoms with Crippen LogP contribution in [0.5, 0.6) is 5.75 Å². The summed E-state index contributed by atoms with van der Waals surface area (Å²) < 4.78 is 20.1. The SMILES string of the molecule is CCCCN1C(=O)C(C)(C(=O)N2CCN(c3ccccc3F)CC2)Oc2cccnc21. The number of nitrogens with zero attached hydrogens (tertiary/aromatic N) is 4. The predicted molar refractivity (Wildman–Crippen MR) is 116 cm³/mol. The van der Waals surface area contributed by atoms with Crippen LogP contribution in [0.2, 0.25) is 0 Å². The molecule has 1 atom stereocenters. The molecule has 31 heavy (non-hydrogen) atoms. The zero-order chi connectivity index (χ0) is 22.0. The van der Waals surface area contributed by atoms with Crippen LogP contribution in [0.25, 0.3) is 0 Å². The number of amides is 2. The van der Waals surface area contributed by atoms with E-state index in [1.165, 1.54) is 13.0 Å². The van der Waals surface area contributed by atoms with Crippen LogP contribution in [0.15, 0.2) is 42.6 Å². The number of ether oxygens (including phenoxy) is 1. The van der Waals surface area contributed by atoms with Crippen LogP contribution in [0, 0.1) is 5.82 Å². The van der Waals surface area contributed by atoms with Gasteiger partial charge in [-0.3, -0.25) is 14.5 Å². The number of halogens is 1. The van der Waals surface area contributed by atoms with Crippen LogP contribution >= 0.6 is 0 Å². The van der Waals surface area contributed by atoms with Crippen molar-refractivity contribution in [3.05, 3.63) is 48.4 Å². The molecule has 0 radical (unpaired) electrons. The lowest BCUT2D eigenvalue weighted by Crippen LogP contribution is -2.65. The lowest BCUT2D eigenvalue weighted by atomic mass is 9.99. The summed E-state index contributed by atoms with van der Waals surface area (Å²) in [6, 6.07) is 10.1. The number of carbonyl (C=O) groups is 2. The van der Waals surface area contributed by atoms with Crippen molar-refractivity contribution in [3.63, 3.8) is 0 Å². The van der Waals surface area contributed by atoms with Crippen molar-refractivity contribution < 1.29 is 18.7 Å². The Kier molecular flexibility index (Phi) is 5.80. The van der Waals surface area contributed by atoms with E-state index in [4.69, 9.17) is 4.74 Å². The summed E-state index contributed by atoms with van der Waals surface area (Å²) in [6.45, 7) is 5.79. The van der Waals surface area contributed by atoms with Gasteiger partial charge in [-0.2, -0.15) is 0 Å². The lowest BCUT2D eigenvalue weighted by Gasteiger charge is -2.43. The maximum Gasteiger partial charge on any atom is 0.282 e. The van der Waals surface area contributed by atoms with Crippen molar-refractivity contribution in [3.8, 4) is 5.75 Å². The molecule has 1 aromatic carbocycles. The molecule has 2 amide bonds. The van der Waals surface area contributed by atoms with E-state index in [1.807, 2.05) is 11.8 Å². The van der Waals surface area contributed by atoms with Crippen molar-refractivity contribution in [2.24, 2.45) is 0 Å². The highest BCUT2D eigenvalue weighted by atomic mass is 19.1. The Labute approximate surface area is 181 Å². The molecule has 0 aliphatic carbocycles. The highest BCUT2D eigenvalue weighted by Gasteiger charge is 2.53. The second kappa shape index (κ2) is 8.53. The molecule has 1 fully saturated rings. The molecule has 7 nitrogen and oxygen atoms in total. The van der Waals surface area contributed by atoms with Crippen molar-refractivity contribution in [2.75, 3.05) is 42.5 Å². The third kappa shape index (κ3) is 3.82. The maximum absolute atomic E-state index is 14.1. The fourth-order valence-corrected chi connectivity index (χ4v) is 4.10. The number of anilines is 2. The van der Waals surface area contributed by atoms with E-state index in [-0.39, 0.29) is 11.7 Å². The molecule has 2 aliphatic heterocycles. The van der Waals surface area contributed by atoms with Gasteiger partial charge in [0, 0.05) is 38.9 Å². The molecular formula is C23H27FN4O3. The van der Waals surface area contributed by atoms with Gasteiger partial charge in [0.15, 0.2) is 11.6 Å².